The molecular formula is C13H15BrN2O. The Bertz CT molecular complexity index is 455. The van der Waals surface area contributed by atoms with E-state index in [2.05, 4.69) is 33.8 Å². The lowest BCUT2D eigenvalue weighted by Crippen LogP contribution is -2.42. The van der Waals surface area contributed by atoms with E-state index in [0.717, 1.165) is 23.1 Å². The van der Waals surface area contributed by atoms with Crippen LogP contribution in [0.15, 0.2) is 22.7 Å². The van der Waals surface area contributed by atoms with Gasteiger partial charge in [-0.15, -0.1) is 0 Å². The molecule has 90 valence electrons. The smallest absolute Gasteiger partial charge is 0.0992 e. The van der Waals surface area contributed by atoms with Gasteiger partial charge in [-0.3, -0.25) is 0 Å². The van der Waals surface area contributed by atoms with Gasteiger partial charge in [0, 0.05) is 23.2 Å². The Morgan fingerprint density at radius 1 is 1.47 bits per heavy atom. The van der Waals surface area contributed by atoms with Crippen molar-refractivity contribution in [3.63, 3.8) is 0 Å². The highest BCUT2D eigenvalue weighted by atomic mass is 79.9. The van der Waals surface area contributed by atoms with Crippen LogP contribution in [0.4, 0.5) is 5.69 Å². The average molecular weight is 295 g/mol. The quantitative estimate of drug-likeness (QED) is 0.866. The molecule has 0 amide bonds. The zero-order valence-electron chi connectivity index (χ0n) is 9.73. The lowest BCUT2D eigenvalue weighted by molar-refractivity contribution is 0.103. The van der Waals surface area contributed by atoms with E-state index in [9.17, 15) is 5.11 Å². The Kier molecular flexibility index (Phi) is 3.70. The summed E-state index contributed by atoms with van der Waals surface area (Å²) in [5, 5.41) is 18.8. The largest absolute Gasteiger partial charge is 0.391 e. The molecule has 1 aromatic rings. The van der Waals surface area contributed by atoms with E-state index in [-0.39, 0.29) is 6.10 Å². The monoisotopic (exact) mass is 294 g/mol. The average Bonchev–Trinajstić information content (AvgIpc) is 2.32. The van der Waals surface area contributed by atoms with Crippen molar-refractivity contribution in [1.82, 2.24) is 0 Å². The maximum absolute atomic E-state index is 9.89. The fourth-order valence-electron chi connectivity index (χ4n) is 2.10. The number of aliphatic hydroxyl groups is 1. The van der Waals surface area contributed by atoms with E-state index in [1.54, 1.807) is 6.07 Å². The van der Waals surface area contributed by atoms with Gasteiger partial charge in [0.25, 0.3) is 0 Å². The predicted octanol–water partition coefficient (Wildman–Crippen LogP) is 2.53. The van der Waals surface area contributed by atoms with Gasteiger partial charge in [0.05, 0.1) is 17.7 Å². The van der Waals surface area contributed by atoms with Crippen molar-refractivity contribution in [2.75, 3.05) is 18.0 Å². The van der Waals surface area contributed by atoms with Crippen molar-refractivity contribution >= 4 is 21.6 Å². The Hall–Kier alpha value is -1.05. The molecule has 17 heavy (non-hydrogen) atoms. The second-order valence-electron chi connectivity index (χ2n) is 4.59. The van der Waals surface area contributed by atoms with Gasteiger partial charge in [-0.1, -0.05) is 22.9 Å². The molecule has 1 aromatic carbocycles. The van der Waals surface area contributed by atoms with Gasteiger partial charge in [0.1, 0.15) is 0 Å². The number of hydrogen-bond donors (Lipinski definition) is 1. The number of piperidine rings is 1. The summed E-state index contributed by atoms with van der Waals surface area (Å²) in [6.45, 7) is 3.64. The van der Waals surface area contributed by atoms with Crippen LogP contribution in [0.25, 0.3) is 0 Å². The van der Waals surface area contributed by atoms with Crippen LogP contribution in [0.1, 0.15) is 18.9 Å². The standard InChI is InChI=1S/C13H15BrN2O/c1-9-2-3-16(8-13(9)17)12-5-10(7-15)4-11(14)6-12/h4-6,9,13,17H,2-3,8H2,1H3. The number of aliphatic hydroxyl groups excluding tert-OH is 1. The molecule has 2 unspecified atom stereocenters. The zero-order valence-corrected chi connectivity index (χ0v) is 11.3. The Morgan fingerprint density at radius 3 is 2.88 bits per heavy atom. The molecule has 1 aliphatic rings. The first-order valence-corrected chi connectivity index (χ1v) is 6.53. The minimum Gasteiger partial charge on any atom is -0.391 e. The van der Waals surface area contributed by atoms with Gasteiger partial charge in [-0.05, 0) is 30.5 Å². The molecule has 2 atom stereocenters. The number of halogens is 1. The van der Waals surface area contributed by atoms with E-state index in [4.69, 9.17) is 5.26 Å². The molecule has 0 saturated carbocycles. The maximum atomic E-state index is 9.89. The first-order valence-electron chi connectivity index (χ1n) is 5.74. The molecule has 1 heterocycles. The summed E-state index contributed by atoms with van der Waals surface area (Å²) in [4.78, 5) is 2.14. The third-order valence-electron chi connectivity index (χ3n) is 3.30. The van der Waals surface area contributed by atoms with Crippen LogP contribution in [0, 0.1) is 17.2 Å². The van der Waals surface area contributed by atoms with Gasteiger partial charge in [-0.2, -0.15) is 5.26 Å². The van der Waals surface area contributed by atoms with E-state index in [1.807, 2.05) is 12.1 Å². The number of benzene rings is 1. The summed E-state index contributed by atoms with van der Waals surface area (Å²) in [6, 6.07) is 7.80. The second-order valence-corrected chi connectivity index (χ2v) is 5.50. The van der Waals surface area contributed by atoms with Crippen LogP contribution in [-0.2, 0) is 0 Å². The van der Waals surface area contributed by atoms with Crippen LogP contribution in [-0.4, -0.2) is 24.3 Å². The van der Waals surface area contributed by atoms with Crippen LogP contribution in [0.5, 0.6) is 0 Å². The molecule has 4 heteroatoms. The predicted molar refractivity (Wildman–Crippen MR) is 70.9 cm³/mol. The van der Waals surface area contributed by atoms with Crippen molar-refractivity contribution in [3.8, 4) is 6.07 Å². The SMILES string of the molecule is CC1CCN(c2cc(Br)cc(C#N)c2)CC1O. The molecule has 0 aromatic heterocycles. The van der Waals surface area contributed by atoms with Crippen LogP contribution in [0.2, 0.25) is 0 Å². The molecule has 0 aliphatic carbocycles. The van der Waals surface area contributed by atoms with Crippen molar-refractivity contribution in [3.05, 3.63) is 28.2 Å². The minimum absolute atomic E-state index is 0.284. The molecule has 0 radical (unpaired) electrons. The van der Waals surface area contributed by atoms with E-state index in [1.165, 1.54) is 0 Å². The Morgan fingerprint density at radius 2 is 2.24 bits per heavy atom. The summed E-state index contributed by atoms with van der Waals surface area (Å²) >= 11 is 3.41. The highest BCUT2D eigenvalue weighted by Crippen LogP contribution is 2.27. The minimum atomic E-state index is -0.284. The highest BCUT2D eigenvalue weighted by Gasteiger charge is 2.24. The highest BCUT2D eigenvalue weighted by molar-refractivity contribution is 9.10. The molecule has 0 bridgehead atoms. The van der Waals surface area contributed by atoms with Gasteiger partial charge >= 0.3 is 0 Å². The van der Waals surface area contributed by atoms with Gasteiger partial charge in [0.2, 0.25) is 0 Å². The van der Waals surface area contributed by atoms with Crippen molar-refractivity contribution in [1.29, 1.82) is 5.26 Å². The van der Waals surface area contributed by atoms with E-state index >= 15 is 0 Å². The third-order valence-corrected chi connectivity index (χ3v) is 3.75. The number of nitriles is 1. The van der Waals surface area contributed by atoms with Crippen LogP contribution in [0.3, 0.4) is 0 Å². The molecule has 0 spiro atoms. The van der Waals surface area contributed by atoms with Gasteiger partial charge < -0.3 is 10.0 Å². The van der Waals surface area contributed by atoms with Crippen molar-refractivity contribution < 1.29 is 5.11 Å². The lowest BCUT2D eigenvalue weighted by atomic mass is 9.95. The lowest BCUT2D eigenvalue weighted by Gasteiger charge is -2.36. The molecule has 2 rings (SSSR count). The summed E-state index contributed by atoms with van der Waals surface area (Å²) in [5.41, 5.74) is 1.64. The Labute approximate surface area is 110 Å². The van der Waals surface area contributed by atoms with Crippen LogP contribution >= 0.6 is 15.9 Å². The fourth-order valence-corrected chi connectivity index (χ4v) is 2.59. The van der Waals surface area contributed by atoms with E-state index < -0.39 is 0 Å². The fraction of sp³-hybridized carbons (Fsp3) is 0.462. The first kappa shape index (κ1) is 12.4. The van der Waals surface area contributed by atoms with Crippen molar-refractivity contribution in [2.24, 2.45) is 5.92 Å². The third kappa shape index (κ3) is 2.80. The maximum Gasteiger partial charge on any atom is 0.0992 e. The number of rotatable bonds is 1. The number of β-amino-alcohol motifs (C(OH)–C–C–N with tert-alkyl or cyclic N) is 1. The molecule has 1 fully saturated rings. The zero-order chi connectivity index (χ0) is 12.4. The topological polar surface area (TPSA) is 47.3 Å². The van der Waals surface area contributed by atoms with Gasteiger partial charge in [0.15, 0.2) is 0 Å². The van der Waals surface area contributed by atoms with Gasteiger partial charge in [-0.25, -0.2) is 0 Å². The molecule has 1 saturated heterocycles. The second kappa shape index (κ2) is 5.07. The summed E-state index contributed by atoms with van der Waals surface area (Å²) in [7, 11) is 0. The molecule has 1 N–H and O–H groups in total. The molecule has 1 aliphatic heterocycles. The number of hydrogen-bond acceptors (Lipinski definition) is 3. The van der Waals surface area contributed by atoms with Crippen LogP contribution < -0.4 is 4.90 Å². The molecule has 3 nitrogen and oxygen atoms in total. The summed E-state index contributed by atoms with van der Waals surface area (Å²) in [5.74, 6) is 0.355. The first-order chi connectivity index (χ1) is 8.10. The van der Waals surface area contributed by atoms with Crippen molar-refractivity contribution in [2.45, 2.75) is 19.4 Å². The number of nitrogens with zero attached hydrogens (tertiary/aromatic N) is 2. The number of anilines is 1. The Balaban J connectivity index is 2.23. The summed E-state index contributed by atoms with van der Waals surface area (Å²) < 4.78 is 0.902. The normalized spacial score (nSPS) is 24.5. The molecular weight excluding hydrogens is 280 g/mol. The van der Waals surface area contributed by atoms with E-state index in [0.29, 0.717) is 18.0 Å². The summed E-state index contributed by atoms with van der Waals surface area (Å²) in [6.07, 6.45) is 0.698.